The van der Waals surface area contributed by atoms with Crippen LogP contribution in [-0.4, -0.2) is 53.6 Å². The Balaban J connectivity index is 1.89. The van der Waals surface area contributed by atoms with Gasteiger partial charge < -0.3 is 14.9 Å². The highest BCUT2D eigenvalue weighted by atomic mass is 19.1. The van der Waals surface area contributed by atoms with Crippen LogP contribution in [0.2, 0.25) is 0 Å². The molecule has 0 spiro atoms. The molecule has 0 aliphatic carbocycles. The van der Waals surface area contributed by atoms with Gasteiger partial charge >= 0.3 is 0 Å². The molecule has 0 saturated carbocycles. The predicted molar refractivity (Wildman–Crippen MR) is 73.8 cm³/mol. The van der Waals surface area contributed by atoms with Crippen molar-refractivity contribution in [2.24, 2.45) is 0 Å². The van der Waals surface area contributed by atoms with Gasteiger partial charge in [-0.3, -0.25) is 4.90 Å². The number of hydrogen-bond donors (Lipinski definition) is 2. The summed E-state index contributed by atoms with van der Waals surface area (Å²) < 4.78 is 19.0. The van der Waals surface area contributed by atoms with Crippen molar-refractivity contribution in [3.8, 4) is 0 Å². The van der Waals surface area contributed by atoms with E-state index >= 15 is 0 Å². The molecule has 4 nitrogen and oxygen atoms in total. The second-order valence-corrected chi connectivity index (χ2v) is 5.31. The van der Waals surface area contributed by atoms with E-state index in [0.717, 1.165) is 0 Å². The second kappa shape index (κ2) is 7.13. The van der Waals surface area contributed by atoms with E-state index < -0.39 is 6.10 Å². The molecule has 0 aromatic heterocycles. The van der Waals surface area contributed by atoms with E-state index in [4.69, 9.17) is 9.84 Å². The van der Waals surface area contributed by atoms with E-state index in [1.165, 1.54) is 6.07 Å². The zero-order valence-electron chi connectivity index (χ0n) is 11.7. The second-order valence-electron chi connectivity index (χ2n) is 5.31. The van der Waals surface area contributed by atoms with Crippen LogP contribution in [0, 0.1) is 5.82 Å². The highest BCUT2D eigenvalue weighted by Gasteiger charge is 2.26. The molecule has 1 aromatic rings. The standard InChI is InChI=1S/C15H22FNO3/c1-11-10-20-12(9-18)8-17(11)7-6-15(19)13-4-2-3-5-14(13)16/h2-5,11-12,15,18-19H,6-10H2,1H3. The Kier molecular flexibility index (Phi) is 5.48. The van der Waals surface area contributed by atoms with E-state index in [0.29, 0.717) is 31.7 Å². The minimum absolute atomic E-state index is 0.000906. The first-order chi connectivity index (χ1) is 9.61. The van der Waals surface area contributed by atoms with Crippen molar-refractivity contribution in [3.63, 3.8) is 0 Å². The Bertz CT molecular complexity index is 429. The van der Waals surface area contributed by atoms with Gasteiger partial charge in [-0.1, -0.05) is 18.2 Å². The lowest BCUT2D eigenvalue weighted by Gasteiger charge is -2.37. The molecule has 1 heterocycles. The lowest BCUT2D eigenvalue weighted by molar-refractivity contribution is -0.0801. The topological polar surface area (TPSA) is 52.9 Å². The first kappa shape index (κ1) is 15.4. The normalized spacial score (nSPS) is 25.6. The lowest BCUT2D eigenvalue weighted by Crippen LogP contribution is -2.49. The fourth-order valence-corrected chi connectivity index (χ4v) is 2.49. The molecule has 1 aliphatic rings. The molecule has 0 bridgehead atoms. The lowest BCUT2D eigenvalue weighted by atomic mass is 10.0. The average Bonchev–Trinajstić information content (AvgIpc) is 2.46. The first-order valence-corrected chi connectivity index (χ1v) is 7.00. The number of halogens is 1. The van der Waals surface area contributed by atoms with Crippen LogP contribution < -0.4 is 0 Å². The number of hydrogen-bond acceptors (Lipinski definition) is 4. The summed E-state index contributed by atoms with van der Waals surface area (Å²) in [4.78, 5) is 2.16. The fraction of sp³-hybridized carbons (Fsp3) is 0.600. The molecule has 20 heavy (non-hydrogen) atoms. The third-order valence-electron chi connectivity index (χ3n) is 3.79. The van der Waals surface area contributed by atoms with Crippen LogP contribution in [0.3, 0.4) is 0 Å². The van der Waals surface area contributed by atoms with Crippen molar-refractivity contribution in [2.75, 3.05) is 26.3 Å². The Morgan fingerprint density at radius 1 is 1.45 bits per heavy atom. The van der Waals surface area contributed by atoms with Gasteiger partial charge in [-0.2, -0.15) is 0 Å². The van der Waals surface area contributed by atoms with E-state index in [1.54, 1.807) is 18.2 Å². The summed E-state index contributed by atoms with van der Waals surface area (Å²) in [5.41, 5.74) is 0.340. The van der Waals surface area contributed by atoms with Crippen molar-refractivity contribution < 1.29 is 19.3 Å². The molecular formula is C15H22FNO3. The first-order valence-electron chi connectivity index (χ1n) is 7.00. The average molecular weight is 283 g/mol. The maximum Gasteiger partial charge on any atom is 0.128 e. The summed E-state index contributed by atoms with van der Waals surface area (Å²) in [5.74, 6) is -0.372. The van der Waals surface area contributed by atoms with Gasteiger partial charge in [-0.25, -0.2) is 4.39 Å². The maximum absolute atomic E-state index is 13.6. The maximum atomic E-state index is 13.6. The van der Waals surface area contributed by atoms with Gasteiger partial charge in [0.25, 0.3) is 0 Å². The molecule has 3 unspecified atom stereocenters. The molecule has 1 saturated heterocycles. The quantitative estimate of drug-likeness (QED) is 0.856. The van der Waals surface area contributed by atoms with Gasteiger partial charge in [0.2, 0.25) is 0 Å². The van der Waals surface area contributed by atoms with Crippen molar-refractivity contribution in [1.82, 2.24) is 4.90 Å². The molecule has 0 radical (unpaired) electrons. The zero-order valence-corrected chi connectivity index (χ0v) is 11.7. The number of aliphatic hydroxyl groups excluding tert-OH is 2. The molecule has 1 aromatic carbocycles. The van der Waals surface area contributed by atoms with Crippen molar-refractivity contribution >= 4 is 0 Å². The van der Waals surface area contributed by atoms with Gasteiger partial charge in [0.15, 0.2) is 0 Å². The number of aliphatic hydroxyl groups is 2. The van der Waals surface area contributed by atoms with Crippen LogP contribution >= 0.6 is 0 Å². The molecular weight excluding hydrogens is 261 g/mol. The fourth-order valence-electron chi connectivity index (χ4n) is 2.49. The van der Waals surface area contributed by atoms with Crippen LogP contribution in [0.25, 0.3) is 0 Å². The molecule has 5 heteroatoms. The number of benzene rings is 1. The van der Waals surface area contributed by atoms with Crippen molar-refractivity contribution in [1.29, 1.82) is 0 Å². The molecule has 0 amide bonds. The summed E-state index contributed by atoms with van der Waals surface area (Å²) >= 11 is 0. The number of morpholine rings is 1. The van der Waals surface area contributed by atoms with Gasteiger partial charge in [-0.15, -0.1) is 0 Å². The van der Waals surface area contributed by atoms with E-state index in [1.807, 2.05) is 6.92 Å². The highest BCUT2D eigenvalue weighted by Crippen LogP contribution is 2.21. The third-order valence-corrected chi connectivity index (χ3v) is 3.79. The van der Waals surface area contributed by atoms with Crippen LogP contribution in [0.15, 0.2) is 24.3 Å². The van der Waals surface area contributed by atoms with Crippen molar-refractivity contribution in [2.45, 2.75) is 31.6 Å². The summed E-state index contributed by atoms with van der Waals surface area (Å²) in [5, 5.41) is 19.2. The Labute approximate surface area is 118 Å². The molecule has 2 rings (SSSR count). The summed E-state index contributed by atoms with van der Waals surface area (Å²) in [7, 11) is 0. The Hall–Kier alpha value is -1.01. The number of ether oxygens (including phenoxy) is 1. The minimum atomic E-state index is -0.807. The van der Waals surface area contributed by atoms with Gasteiger partial charge in [0, 0.05) is 24.7 Å². The number of rotatable bonds is 5. The van der Waals surface area contributed by atoms with Crippen LogP contribution in [-0.2, 0) is 4.74 Å². The third kappa shape index (κ3) is 3.76. The Morgan fingerprint density at radius 3 is 2.90 bits per heavy atom. The van der Waals surface area contributed by atoms with E-state index in [-0.39, 0.29) is 24.6 Å². The molecule has 1 fully saturated rings. The van der Waals surface area contributed by atoms with Crippen LogP contribution in [0.5, 0.6) is 0 Å². The number of nitrogens with zero attached hydrogens (tertiary/aromatic N) is 1. The van der Waals surface area contributed by atoms with Gasteiger partial charge in [-0.05, 0) is 19.4 Å². The smallest absolute Gasteiger partial charge is 0.128 e. The largest absolute Gasteiger partial charge is 0.394 e. The van der Waals surface area contributed by atoms with E-state index in [2.05, 4.69) is 4.90 Å². The molecule has 3 atom stereocenters. The summed E-state index contributed by atoms with van der Waals surface area (Å²) in [6, 6.07) is 6.55. The minimum Gasteiger partial charge on any atom is -0.394 e. The Morgan fingerprint density at radius 2 is 2.20 bits per heavy atom. The van der Waals surface area contributed by atoms with Gasteiger partial charge in [0.05, 0.1) is 25.4 Å². The molecule has 112 valence electrons. The molecule has 2 N–H and O–H groups in total. The zero-order chi connectivity index (χ0) is 14.5. The van der Waals surface area contributed by atoms with E-state index in [9.17, 15) is 9.50 Å². The van der Waals surface area contributed by atoms with Gasteiger partial charge in [0.1, 0.15) is 5.82 Å². The van der Waals surface area contributed by atoms with Crippen LogP contribution in [0.4, 0.5) is 4.39 Å². The SMILES string of the molecule is CC1COC(CO)CN1CCC(O)c1ccccc1F. The summed E-state index contributed by atoms with van der Waals surface area (Å²) in [6.07, 6.45) is -0.515. The monoisotopic (exact) mass is 283 g/mol. The highest BCUT2D eigenvalue weighted by molar-refractivity contribution is 5.19. The van der Waals surface area contributed by atoms with Crippen LogP contribution in [0.1, 0.15) is 25.0 Å². The van der Waals surface area contributed by atoms with Crippen molar-refractivity contribution in [3.05, 3.63) is 35.6 Å². The molecule has 1 aliphatic heterocycles. The predicted octanol–water partition coefficient (Wildman–Crippen LogP) is 1.33. The summed E-state index contributed by atoms with van der Waals surface area (Å²) in [6.45, 7) is 3.90.